The van der Waals surface area contributed by atoms with Gasteiger partial charge in [0.2, 0.25) is 41.4 Å². The molecule has 0 heterocycles. The van der Waals surface area contributed by atoms with E-state index in [9.17, 15) is 48.6 Å². The molecule has 0 fully saturated rings. The molecule has 0 aromatic heterocycles. The molecule has 0 aromatic rings. The highest BCUT2D eigenvalue weighted by Crippen LogP contribution is 2.06. The Morgan fingerprint density at radius 3 is 1.51 bits per heavy atom. The molecule has 0 saturated carbocycles. The summed E-state index contributed by atoms with van der Waals surface area (Å²) in [7, 11) is 0. The topological polar surface area (TPSA) is 321 Å². The zero-order valence-corrected chi connectivity index (χ0v) is 25.8. The number of aliphatic carboxylic acids is 1. The van der Waals surface area contributed by atoms with E-state index in [2.05, 4.69) is 31.9 Å². The molecule has 0 rings (SSSR count). The van der Waals surface area contributed by atoms with Gasteiger partial charge in [0.15, 0.2) is 0 Å². The van der Waals surface area contributed by atoms with Crippen molar-refractivity contribution in [1.29, 1.82) is 0 Å². The van der Waals surface area contributed by atoms with Crippen molar-refractivity contribution in [2.75, 3.05) is 26.3 Å². The summed E-state index contributed by atoms with van der Waals surface area (Å²) in [5.41, 5.74) is 10.7. The van der Waals surface area contributed by atoms with E-state index in [4.69, 9.17) is 16.6 Å². The van der Waals surface area contributed by atoms with Crippen LogP contribution in [-0.2, 0) is 38.4 Å². The van der Waals surface area contributed by atoms with Crippen LogP contribution in [0.25, 0.3) is 0 Å². The van der Waals surface area contributed by atoms with Gasteiger partial charge < -0.3 is 58.7 Å². The molecule has 0 aromatic carbocycles. The van der Waals surface area contributed by atoms with Crippen LogP contribution in [0.5, 0.6) is 0 Å². The molecule has 45 heavy (non-hydrogen) atoms. The van der Waals surface area contributed by atoms with Crippen LogP contribution < -0.4 is 43.4 Å². The van der Waals surface area contributed by atoms with Gasteiger partial charge in [-0.05, 0) is 24.7 Å². The van der Waals surface area contributed by atoms with E-state index in [0.717, 1.165) is 0 Å². The number of amides is 7. The Hall–Kier alpha value is -4.36. The number of hydrogen-bond donors (Lipinski definition) is 11. The summed E-state index contributed by atoms with van der Waals surface area (Å²) in [4.78, 5) is 96.8. The Kier molecular flexibility index (Phi) is 18.6. The molecule has 0 aliphatic heterocycles. The van der Waals surface area contributed by atoms with Crippen molar-refractivity contribution in [3.8, 4) is 0 Å². The highest BCUT2D eigenvalue weighted by atomic mass is 16.4. The number of aliphatic hydroxyl groups is 2. The van der Waals surface area contributed by atoms with Crippen molar-refractivity contribution in [3.05, 3.63) is 0 Å². The smallest absolute Gasteiger partial charge is 0.326 e. The monoisotopic (exact) mass is 646 g/mol. The minimum absolute atomic E-state index is 0.111. The third kappa shape index (κ3) is 16.3. The number of carboxylic acid groups (broad SMARTS) is 1. The molecule has 0 bridgehead atoms. The van der Waals surface area contributed by atoms with E-state index in [1.807, 2.05) is 0 Å². The minimum Gasteiger partial charge on any atom is -0.480 e. The predicted octanol–water partition coefficient (Wildman–Crippen LogP) is -5.48. The molecule has 256 valence electrons. The van der Waals surface area contributed by atoms with Crippen LogP contribution in [0.2, 0.25) is 0 Å². The number of hydrogen-bond acceptors (Lipinski definition) is 11. The Balaban J connectivity index is 5.20. The summed E-state index contributed by atoms with van der Waals surface area (Å²) >= 11 is 0. The fourth-order valence-electron chi connectivity index (χ4n) is 3.55. The van der Waals surface area contributed by atoms with Crippen LogP contribution in [0, 0.1) is 11.8 Å². The number of carbonyl (C=O) groups excluding carboxylic acids is 7. The van der Waals surface area contributed by atoms with Gasteiger partial charge in [-0.2, -0.15) is 0 Å². The van der Waals surface area contributed by atoms with Gasteiger partial charge in [-0.15, -0.1) is 0 Å². The zero-order chi connectivity index (χ0) is 34.9. The average molecular weight is 647 g/mol. The normalized spacial score (nSPS) is 14.2. The van der Waals surface area contributed by atoms with Gasteiger partial charge in [0.05, 0.1) is 32.3 Å². The summed E-state index contributed by atoms with van der Waals surface area (Å²) in [6.45, 7) is 3.86. The van der Waals surface area contributed by atoms with E-state index >= 15 is 0 Å². The lowest BCUT2D eigenvalue weighted by molar-refractivity contribution is -0.142. The summed E-state index contributed by atoms with van der Waals surface area (Å²) in [5, 5.41) is 41.8. The second-order valence-corrected chi connectivity index (χ2v) is 10.9. The molecule has 13 N–H and O–H groups in total. The lowest BCUT2D eigenvalue weighted by Gasteiger charge is -2.25. The predicted molar refractivity (Wildman–Crippen MR) is 156 cm³/mol. The fraction of sp³-hybridized carbons (Fsp3) is 0.692. The number of aliphatic hydroxyl groups excluding tert-OH is 2. The van der Waals surface area contributed by atoms with Gasteiger partial charge in [0, 0.05) is 6.42 Å². The Labute approximate surface area is 260 Å². The highest BCUT2D eigenvalue weighted by molar-refractivity contribution is 5.96. The number of nitrogens with one attached hydrogen (secondary N) is 6. The third-order valence-electron chi connectivity index (χ3n) is 6.17. The van der Waals surface area contributed by atoms with Crippen molar-refractivity contribution < 1.29 is 53.7 Å². The Bertz CT molecular complexity index is 1070. The number of carboxylic acids is 1. The standard InChI is InChI=1S/C26H46N8O11/c1-12(2)7-15(32-20(39)9-30-25(43)21(28)13(3)4)23(41)34-17(11-36)24(42)33-16(10-35)22(40)29-8-19(38)31-14(26(44)45)5-6-18(27)37/h12-17,21,35-36H,5-11,28H2,1-4H3,(H2,27,37)(H,29,40)(H,30,43)(H,31,38)(H,32,39)(H,33,42)(H,34,41)(H,44,45)/t14-,15-,16-,17-,21-/m0/s1. The highest BCUT2D eigenvalue weighted by Gasteiger charge is 2.30. The average Bonchev–Trinajstić information content (AvgIpc) is 2.96. The van der Waals surface area contributed by atoms with E-state index in [0.29, 0.717) is 0 Å². The largest absolute Gasteiger partial charge is 0.480 e. The molecule has 0 unspecified atom stereocenters. The van der Waals surface area contributed by atoms with Gasteiger partial charge >= 0.3 is 5.97 Å². The molecule has 5 atom stereocenters. The number of rotatable bonds is 21. The van der Waals surface area contributed by atoms with E-state index in [1.54, 1.807) is 27.7 Å². The van der Waals surface area contributed by atoms with Crippen LogP contribution in [0.1, 0.15) is 47.0 Å². The second kappa shape index (κ2) is 20.6. The first kappa shape index (κ1) is 40.6. The molecular formula is C26H46N8O11. The summed E-state index contributed by atoms with van der Waals surface area (Å²) in [6, 6.07) is -6.76. The third-order valence-corrected chi connectivity index (χ3v) is 6.17. The molecular weight excluding hydrogens is 600 g/mol. The summed E-state index contributed by atoms with van der Waals surface area (Å²) in [6.07, 6.45) is -0.494. The summed E-state index contributed by atoms with van der Waals surface area (Å²) in [5.74, 6) is -7.75. The minimum atomic E-state index is -1.65. The molecule has 0 spiro atoms. The molecule has 19 nitrogen and oxygen atoms in total. The van der Waals surface area contributed by atoms with Gasteiger partial charge in [-0.25, -0.2) is 4.79 Å². The van der Waals surface area contributed by atoms with Crippen LogP contribution >= 0.6 is 0 Å². The van der Waals surface area contributed by atoms with Crippen molar-refractivity contribution in [2.24, 2.45) is 23.3 Å². The molecule has 0 saturated heterocycles. The maximum Gasteiger partial charge on any atom is 0.326 e. The molecule has 0 aliphatic carbocycles. The van der Waals surface area contributed by atoms with Crippen molar-refractivity contribution in [3.63, 3.8) is 0 Å². The maximum absolute atomic E-state index is 12.9. The van der Waals surface area contributed by atoms with Crippen molar-refractivity contribution in [2.45, 2.75) is 77.2 Å². The Morgan fingerprint density at radius 2 is 1.09 bits per heavy atom. The van der Waals surface area contributed by atoms with E-state index in [-0.39, 0.29) is 31.1 Å². The lowest BCUT2D eigenvalue weighted by Crippen LogP contribution is -2.59. The molecule has 19 heteroatoms. The lowest BCUT2D eigenvalue weighted by atomic mass is 10.0. The first-order chi connectivity index (χ1) is 20.9. The van der Waals surface area contributed by atoms with Crippen LogP contribution in [-0.4, -0.2) is 119 Å². The Morgan fingerprint density at radius 1 is 0.644 bits per heavy atom. The molecule has 0 radical (unpaired) electrons. The number of primary amides is 1. The van der Waals surface area contributed by atoms with Gasteiger partial charge in [0.25, 0.3) is 0 Å². The second-order valence-electron chi connectivity index (χ2n) is 10.9. The molecule has 0 aliphatic rings. The van der Waals surface area contributed by atoms with Gasteiger partial charge in [-0.1, -0.05) is 27.7 Å². The first-order valence-electron chi connectivity index (χ1n) is 14.2. The van der Waals surface area contributed by atoms with Gasteiger partial charge in [0.1, 0.15) is 24.2 Å². The fourth-order valence-corrected chi connectivity index (χ4v) is 3.55. The van der Waals surface area contributed by atoms with Crippen LogP contribution in [0.15, 0.2) is 0 Å². The van der Waals surface area contributed by atoms with E-state index < -0.39 is 104 Å². The quantitative estimate of drug-likeness (QED) is 0.0556. The maximum atomic E-state index is 12.9. The SMILES string of the molecule is CC(C)C[C@H](NC(=O)CNC(=O)[C@@H](N)C(C)C)C(=O)N[C@@H](CO)C(=O)N[C@@H](CO)C(=O)NCC(=O)N[C@@H](CCC(N)=O)C(=O)O. The summed E-state index contributed by atoms with van der Waals surface area (Å²) < 4.78 is 0. The zero-order valence-electron chi connectivity index (χ0n) is 25.8. The first-order valence-corrected chi connectivity index (χ1v) is 14.2. The van der Waals surface area contributed by atoms with E-state index in [1.165, 1.54) is 0 Å². The molecule has 7 amide bonds. The van der Waals surface area contributed by atoms with Gasteiger partial charge in [-0.3, -0.25) is 33.6 Å². The van der Waals surface area contributed by atoms with Crippen molar-refractivity contribution in [1.82, 2.24) is 31.9 Å². The van der Waals surface area contributed by atoms with Crippen LogP contribution in [0.4, 0.5) is 0 Å². The number of carbonyl (C=O) groups is 8. The van der Waals surface area contributed by atoms with Crippen LogP contribution in [0.3, 0.4) is 0 Å². The van der Waals surface area contributed by atoms with Crippen molar-refractivity contribution >= 4 is 47.3 Å². The number of nitrogens with two attached hydrogens (primary N) is 2.